The number of halogens is 3. The first kappa shape index (κ1) is 29.8. The molecule has 0 aliphatic carbocycles. The molecule has 0 atom stereocenters. The molecule has 1 aliphatic rings. The van der Waals surface area contributed by atoms with Crippen LogP contribution in [-0.2, 0) is 11.2 Å². The number of thioether (sulfide) groups is 1. The first-order valence-electron chi connectivity index (χ1n) is 13.2. The van der Waals surface area contributed by atoms with Crippen LogP contribution in [0.4, 0.5) is 23.7 Å². The first-order chi connectivity index (χ1) is 20.5. The second-order valence-electron chi connectivity index (χ2n) is 9.89. The zero-order valence-electron chi connectivity index (χ0n) is 23.5. The van der Waals surface area contributed by atoms with Crippen LogP contribution in [-0.4, -0.2) is 50.5 Å². The van der Waals surface area contributed by atoms with Crippen LogP contribution in [0.25, 0.3) is 17.1 Å². The van der Waals surface area contributed by atoms with Crippen molar-refractivity contribution in [1.82, 2.24) is 20.1 Å². The number of amides is 3. The normalized spacial score (nSPS) is 14.4. The summed E-state index contributed by atoms with van der Waals surface area (Å²) in [5.41, 5.74) is 5.99. The lowest BCUT2D eigenvalue weighted by Crippen LogP contribution is -2.32. The predicted octanol–water partition coefficient (Wildman–Crippen LogP) is 6.15. The number of ether oxygens (including phenoxy) is 1. The number of alkyl halides is 3. The molecule has 5 rings (SSSR count). The molecule has 222 valence electrons. The third-order valence-corrected chi connectivity index (χ3v) is 7.47. The Hall–Kier alpha value is -4.65. The Morgan fingerprint density at radius 2 is 1.72 bits per heavy atom. The Morgan fingerprint density at radius 3 is 2.37 bits per heavy atom. The molecular weight excluding hydrogens is 581 g/mol. The highest BCUT2D eigenvalue weighted by molar-refractivity contribution is 8.15. The van der Waals surface area contributed by atoms with E-state index in [1.54, 1.807) is 0 Å². The maximum absolute atomic E-state index is 12.7. The number of urea groups is 1. The van der Waals surface area contributed by atoms with Crippen LogP contribution in [0.15, 0.2) is 72.0 Å². The van der Waals surface area contributed by atoms with Gasteiger partial charge < -0.3 is 10.1 Å². The summed E-state index contributed by atoms with van der Waals surface area (Å²) in [5, 5.41) is 7.56. The average molecular weight is 609 g/mol. The Labute approximate surface area is 249 Å². The molecule has 2 heterocycles. The van der Waals surface area contributed by atoms with Gasteiger partial charge >= 0.3 is 12.4 Å². The maximum atomic E-state index is 12.7. The summed E-state index contributed by atoms with van der Waals surface area (Å²) in [6, 6.07) is 16.3. The van der Waals surface area contributed by atoms with Crippen LogP contribution in [0.5, 0.6) is 5.75 Å². The van der Waals surface area contributed by atoms with Crippen LogP contribution in [0.3, 0.4) is 0 Å². The van der Waals surface area contributed by atoms with Crippen molar-refractivity contribution in [2.24, 2.45) is 4.99 Å². The number of hydrogen-bond acceptors (Lipinski definition) is 6. The van der Waals surface area contributed by atoms with Crippen molar-refractivity contribution in [1.29, 1.82) is 0 Å². The topological polar surface area (TPSA) is 102 Å². The molecule has 1 N–H and O–H groups in total. The second-order valence-corrected chi connectivity index (χ2v) is 10.8. The zero-order chi connectivity index (χ0) is 30.7. The molecule has 0 bridgehead atoms. The van der Waals surface area contributed by atoms with Crippen molar-refractivity contribution < 1.29 is 27.5 Å². The van der Waals surface area contributed by atoms with Gasteiger partial charge in [-0.1, -0.05) is 53.7 Å². The number of aromatic nitrogens is 3. The summed E-state index contributed by atoms with van der Waals surface area (Å²) in [6.45, 7) is 6.22. The van der Waals surface area contributed by atoms with E-state index >= 15 is 0 Å². The van der Waals surface area contributed by atoms with Gasteiger partial charge in [-0.15, -0.1) is 18.3 Å². The van der Waals surface area contributed by atoms with E-state index in [0.29, 0.717) is 29.6 Å². The molecular formula is C30H27F3N6O3S. The van der Waals surface area contributed by atoms with E-state index < -0.39 is 12.4 Å². The summed E-state index contributed by atoms with van der Waals surface area (Å²) in [5.74, 6) is 0.234. The van der Waals surface area contributed by atoms with Crippen LogP contribution < -0.4 is 15.0 Å². The van der Waals surface area contributed by atoms with Crippen molar-refractivity contribution in [3.05, 3.63) is 89.2 Å². The standard InChI is InChI=1S/C30H27F3N6O3S/c1-18-14-19(2)26(20(3)15-18)39-25(40)16-43-29(39)36-28(41)34-13-12-21-4-6-22(7-5-21)27-35-17-38(37-27)23-8-10-24(11-9-23)42-30(31,32)33/h4-11,14-15,17H,12-13,16H2,1-3H3,(H,34,41)/b36-29-. The summed E-state index contributed by atoms with van der Waals surface area (Å²) in [6.07, 6.45) is -2.73. The van der Waals surface area contributed by atoms with E-state index in [0.717, 1.165) is 33.5 Å². The van der Waals surface area contributed by atoms with Gasteiger partial charge in [0.05, 0.1) is 17.1 Å². The Balaban J connectivity index is 1.17. The molecule has 0 unspecified atom stereocenters. The number of carbonyl (C=O) groups is 2. The number of benzene rings is 3. The average Bonchev–Trinajstić information content (AvgIpc) is 3.56. The van der Waals surface area contributed by atoms with Crippen molar-refractivity contribution in [3.63, 3.8) is 0 Å². The number of anilines is 1. The lowest BCUT2D eigenvalue weighted by Gasteiger charge is -2.21. The SMILES string of the molecule is Cc1cc(C)c(N2C(=O)CS/C2=N\C(=O)NCCc2ccc(-c3ncn(-c4ccc(OC(F)(F)F)cc4)n3)cc2)c(C)c1. The van der Waals surface area contributed by atoms with Gasteiger partial charge in [-0.25, -0.2) is 14.5 Å². The Kier molecular flexibility index (Phi) is 8.53. The van der Waals surface area contributed by atoms with Crippen molar-refractivity contribution >= 4 is 34.6 Å². The van der Waals surface area contributed by atoms with E-state index in [2.05, 4.69) is 25.1 Å². The summed E-state index contributed by atoms with van der Waals surface area (Å²) in [7, 11) is 0. The number of nitrogens with zero attached hydrogens (tertiary/aromatic N) is 5. The van der Waals surface area contributed by atoms with Gasteiger partial charge in [-0.05, 0) is 68.1 Å². The van der Waals surface area contributed by atoms with Gasteiger partial charge in [0.15, 0.2) is 11.0 Å². The highest BCUT2D eigenvalue weighted by Crippen LogP contribution is 2.33. The number of amidine groups is 1. The maximum Gasteiger partial charge on any atom is 0.573 e. The van der Waals surface area contributed by atoms with E-state index in [9.17, 15) is 22.8 Å². The summed E-state index contributed by atoms with van der Waals surface area (Å²) in [4.78, 5) is 35.3. The van der Waals surface area contributed by atoms with Crippen LogP contribution in [0, 0.1) is 20.8 Å². The molecule has 1 aromatic heterocycles. The lowest BCUT2D eigenvalue weighted by molar-refractivity contribution is -0.274. The van der Waals surface area contributed by atoms with Gasteiger partial charge in [-0.2, -0.15) is 4.99 Å². The van der Waals surface area contributed by atoms with Gasteiger partial charge in [0, 0.05) is 12.1 Å². The van der Waals surface area contributed by atoms with Crippen molar-refractivity contribution in [2.75, 3.05) is 17.2 Å². The number of carbonyl (C=O) groups excluding carboxylic acids is 2. The summed E-state index contributed by atoms with van der Waals surface area (Å²) < 4.78 is 42.5. The molecule has 0 saturated carbocycles. The number of aliphatic imine (C=N–C) groups is 1. The largest absolute Gasteiger partial charge is 0.573 e. The predicted molar refractivity (Wildman–Crippen MR) is 159 cm³/mol. The van der Waals surface area contributed by atoms with Crippen LogP contribution >= 0.6 is 11.8 Å². The summed E-state index contributed by atoms with van der Waals surface area (Å²) >= 11 is 1.24. The molecule has 1 aliphatic heterocycles. The molecule has 9 nitrogen and oxygen atoms in total. The van der Waals surface area contributed by atoms with Crippen molar-refractivity contribution in [3.8, 4) is 22.8 Å². The van der Waals surface area contributed by atoms with Crippen LogP contribution in [0.1, 0.15) is 22.3 Å². The van der Waals surface area contributed by atoms with E-state index in [-0.39, 0.29) is 17.4 Å². The third kappa shape index (κ3) is 7.23. The number of rotatable bonds is 7. The van der Waals surface area contributed by atoms with E-state index in [1.807, 2.05) is 57.2 Å². The number of aryl methyl sites for hydroxylation is 3. The molecule has 4 aromatic rings. The molecule has 0 spiro atoms. The molecule has 1 fully saturated rings. The van der Waals surface area contributed by atoms with E-state index in [1.165, 1.54) is 51.9 Å². The molecule has 13 heteroatoms. The fourth-order valence-electron chi connectivity index (χ4n) is 4.77. The fraction of sp³-hybridized carbons (Fsp3) is 0.233. The number of nitrogens with one attached hydrogen (secondary N) is 1. The Bertz CT molecular complexity index is 1660. The van der Waals surface area contributed by atoms with Gasteiger partial charge in [0.25, 0.3) is 0 Å². The molecule has 1 saturated heterocycles. The Morgan fingerprint density at radius 1 is 1.05 bits per heavy atom. The second kappa shape index (κ2) is 12.3. The lowest BCUT2D eigenvalue weighted by atomic mass is 10.0. The molecule has 3 amide bonds. The zero-order valence-corrected chi connectivity index (χ0v) is 24.3. The van der Waals surface area contributed by atoms with Gasteiger partial charge in [0.2, 0.25) is 5.91 Å². The highest BCUT2D eigenvalue weighted by Gasteiger charge is 2.33. The highest BCUT2D eigenvalue weighted by atomic mass is 32.2. The van der Waals surface area contributed by atoms with Gasteiger partial charge in [0.1, 0.15) is 12.1 Å². The fourth-order valence-corrected chi connectivity index (χ4v) is 5.62. The first-order valence-corrected chi connectivity index (χ1v) is 14.2. The number of hydrogen-bond donors (Lipinski definition) is 1. The van der Waals surface area contributed by atoms with Gasteiger partial charge in [-0.3, -0.25) is 9.69 Å². The quantitative estimate of drug-likeness (QED) is 0.270. The smallest absolute Gasteiger partial charge is 0.406 e. The van der Waals surface area contributed by atoms with E-state index in [4.69, 9.17) is 0 Å². The monoisotopic (exact) mass is 608 g/mol. The minimum Gasteiger partial charge on any atom is -0.406 e. The third-order valence-electron chi connectivity index (χ3n) is 6.55. The molecule has 0 radical (unpaired) electrons. The minimum atomic E-state index is -4.76. The minimum absolute atomic E-state index is 0.112. The molecule has 3 aromatic carbocycles. The molecule has 43 heavy (non-hydrogen) atoms. The van der Waals surface area contributed by atoms with Crippen LogP contribution in [0.2, 0.25) is 0 Å². The van der Waals surface area contributed by atoms with Crippen molar-refractivity contribution in [2.45, 2.75) is 33.6 Å².